The summed E-state index contributed by atoms with van der Waals surface area (Å²) in [7, 11) is 0. The van der Waals surface area contributed by atoms with Crippen molar-refractivity contribution >= 4 is 21.6 Å². The van der Waals surface area contributed by atoms with Crippen LogP contribution < -0.4 is 10.2 Å². The Balaban J connectivity index is 2.33. The predicted octanol–water partition coefficient (Wildman–Crippen LogP) is 4.50. The maximum Gasteiger partial charge on any atom is 0.0514 e. The average molecular weight is 339 g/mol. The second-order valence-electron chi connectivity index (χ2n) is 6.01. The number of piperazine rings is 1. The molecule has 1 saturated heterocycles. The van der Waals surface area contributed by atoms with Gasteiger partial charge in [0.05, 0.1) is 5.69 Å². The summed E-state index contributed by atoms with van der Waals surface area (Å²) in [6.45, 7) is 11.2. The molecule has 3 heteroatoms. The van der Waals surface area contributed by atoms with Crippen molar-refractivity contribution in [3.8, 4) is 0 Å². The van der Waals surface area contributed by atoms with Crippen LogP contribution in [0.15, 0.2) is 22.7 Å². The van der Waals surface area contributed by atoms with Crippen molar-refractivity contribution < 1.29 is 0 Å². The summed E-state index contributed by atoms with van der Waals surface area (Å²) in [5.74, 6) is 0. The molecule has 1 atom stereocenters. The fourth-order valence-electron chi connectivity index (χ4n) is 3.17. The van der Waals surface area contributed by atoms with Gasteiger partial charge in [0.1, 0.15) is 0 Å². The second kappa shape index (κ2) is 6.48. The van der Waals surface area contributed by atoms with Crippen LogP contribution in [0.25, 0.3) is 0 Å². The SMILES string of the molecule is CCC1CNC(CC)(CC)CN1c1ccc(C)cc1Br. The number of hydrogen-bond acceptors (Lipinski definition) is 2. The first-order chi connectivity index (χ1) is 9.55. The lowest BCUT2D eigenvalue weighted by atomic mass is 9.87. The predicted molar refractivity (Wildman–Crippen MR) is 91.6 cm³/mol. The maximum absolute atomic E-state index is 3.81. The smallest absolute Gasteiger partial charge is 0.0514 e. The summed E-state index contributed by atoms with van der Waals surface area (Å²) in [4.78, 5) is 2.60. The van der Waals surface area contributed by atoms with E-state index < -0.39 is 0 Å². The third-order valence-electron chi connectivity index (χ3n) is 4.86. The third kappa shape index (κ3) is 3.04. The van der Waals surface area contributed by atoms with Crippen molar-refractivity contribution in [1.29, 1.82) is 0 Å². The topological polar surface area (TPSA) is 15.3 Å². The van der Waals surface area contributed by atoms with E-state index in [1.54, 1.807) is 0 Å². The van der Waals surface area contributed by atoms with Gasteiger partial charge in [0.25, 0.3) is 0 Å². The lowest BCUT2D eigenvalue weighted by Crippen LogP contribution is -2.64. The van der Waals surface area contributed by atoms with E-state index in [9.17, 15) is 0 Å². The van der Waals surface area contributed by atoms with Crippen molar-refractivity contribution in [3.63, 3.8) is 0 Å². The molecular weight excluding hydrogens is 312 g/mol. The van der Waals surface area contributed by atoms with Gasteiger partial charge in [0.15, 0.2) is 0 Å². The van der Waals surface area contributed by atoms with E-state index in [1.165, 1.54) is 35.0 Å². The first-order valence-corrected chi connectivity index (χ1v) is 8.62. The molecule has 1 unspecified atom stereocenters. The molecule has 1 N–H and O–H groups in total. The monoisotopic (exact) mass is 338 g/mol. The highest BCUT2D eigenvalue weighted by atomic mass is 79.9. The summed E-state index contributed by atoms with van der Waals surface area (Å²) in [6.07, 6.45) is 3.54. The normalized spacial score (nSPS) is 22.1. The van der Waals surface area contributed by atoms with Gasteiger partial charge in [-0.25, -0.2) is 0 Å². The van der Waals surface area contributed by atoms with Crippen LogP contribution >= 0.6 is 15.9 Å². The van der Waals surface area contributed by atoms with Crippen LogP contribution in [0.2, 0.25) is 0 Å². The van der Waals surface area contributed by atoms with E-state index >= 15 is 0 Å². The summed E-state index contributed by atoms with van der Waals surface area (Å²) >= 11 is 3.76. The van der Waals surface area contributed by atoms with Gasteiger partial charge < -0.3 is 10.2 Å². The van der Waals surface area contributed by atoms with Crippen molar-refractivity contribution in [2.24, 2.45) is 0 Å². The molecule has 1 fully saturated rings. The van der Waals surface area contributed by atoms with E-state index in [4.69, 9.17) is 0 Å². The number of hydrogen-bond donors (Lipinski definition) is 1. The molecule has 0 aromatic heterocycles. The highest BCUT2D eigenvalue weighted by molar-refractivity contribution is 9.10. The molecule has 20 heavy (non-hydrogen) atoms. The minimum atomic E-state index is 0.260. The fourth-order valence-corrected chi connectivity index (χ4v) is 3.89. The Hall–Kier alpha value is -0.540. The molecule has 2 rings (SSSR count). The first kappa shape index (κ1) is 15.8. The average Bonchev–Trinajstić information content (AvgIpc) is 2.46. The fraction of sp³-hybridized carbons (Fsp3) is 0.647. The summed E-state index contributed by atoms with van der Waals surface area (Å²) in [6, 6.07) is 7.29. The molecule has 1 aliphatic heterocycles. The first-order valence-electron chi connectivity index (χ1n) is 7.83. The Kier molecular flexibility index (Phi) is 5.14. The highest BCUT2D eigenvalue weighted by Crippen LogP contribution is 2.33. The van der Waals surface area contributed by atoms with Crippen LogP contribution in [-0.4, -0.2) is 24.7 Å². The number of halogens is 1. The van der Waals surface area contributed by atoms with E-state index in [-0.39, 0.29) is 5.54 Å². The zero-order valence-electron chi connectivity index (χ0n) is 13.2. The van der Waals surface area contributed by atoms with Gasteiger partial charge in [-0.05, 0) is 59.8 Å². The molecule has 0 saturated carbocycles. The zero-order valence-corrected chi connectivity index (χ0v) is 14.8. The Labute approximate surface area is 132 Å². The van der Waals surface area contributed by atoms with Gasteiger partial charge in [0, 0.05) is 29.1 Å². The number of aryl methyl sites for hydroxylation is 1. The van der Waals surface area contributed by atoms with Gasteiger partial charge >= 0.3 is 0 Å². The van der Waals surface area contributed by atoms with Gasteiger partial charge in [-0.2, -0.15) is 0 Å². The number of nitrogens with zero attached hydrogens (tertiary/aromatic N) is 1. The Bertz CT molecular complexity index is 454. The number of rotatable bonds is 4. The van der Waals surface area contributed by atoms with Gasteiger partial charge in [-0.1, -0.05) is 26.8 Å². The van der Waals surface area contributed by atoms with E-state index in [0.29, 0.717) is 6.04 Å². The Morgan fingerprint density at radius 3 is 2.55 bits per heavy atom. The molecule has 2 nitrogen and oxygen atoms in total. The van der Waals surface area contributed by atoms with Crippen LogP contribution in [0.1, 0.15) is 45.6 Å². The number of anilines is 1. The number of nitrogens with one attached hydrogen (secondary N) is 1. The van der Waals surface area contributed by atoms with Gasteiger partial charge in [-0.15, -0.1) is 0 Å². The van der Waals surface area contributed by atoms with Crippen LogP contribution in [0.5, 0.6) is 0 Å². The van der Waals surface area contributed by atoms with Gasteiger partial charge in [-0.3, -0.25) is 0 Å². The molecule has 1 aromatic carbocycles. The molecule has 1 aliphatic rings. The van der Waals surface area contributed by atoms with Crippen molar-refractivity contribution in [2.75, 3.05) is 18.0 Å². The second-order valence-corrected chi connectivity index (χ2v) is 6.87. The van der Waals surface area contributed by atoms with E-state index in [2.05, 4.69) is 72.0 Å². The summed E-state index contributed by atoms with van der Waals surface area (Å²) in [5.41, 5.74) is 2.91. The third-order valence-corrected chi connectivity index (χ3v) is 5.50. The van der Waals surface area contributed by atoms with Crippen LogP contribution in [0.4, 0.5) is 5.69 Å². The van der Waals surface area contributed by atoms with E-state index in [0.717, 1.165) is 13.1 Å². The minimum Gasteiger partial charge on any atom is -0.365 e. The van der Waals surface area contributed by atoms with Crippen molar-refractivity contribution in [2.45, 2.75) is 58.5 Å². The quantitative estimate of drug-likeness (QED) is 0.869. The Morgan fingerprint density at radius 1 is 1.30 bits per heavy atom. The minimum absolute atomic E-state index is 0.260. The Morgan fingerprint density at radius 2 is 2.00 bits per heavy atom. The maximum atomic E-state index is 3.81. The van der Waals surface area contributed by atoms with E-state index in [1.807, 2.05) is 0 Å². The molecule has 0 aliphatic carbocycles. The molecular formula is C17H27BrN2. The molecule has 1 aromatic rings. The van der Waals surface area contributed by atoms with Crippen molar-refractivity contribution in [3.05, 3.63) is 28.2 Å². The summed E-state index contributed by atoms with van der Waals surface area (Å²) < 4.78 is 1.22. The molecule has 0 amide bonds. The van der Waals surface area contributed by atoms with Gasteiger partial charge in [0.2, 0.25) is 0 Å². The van der Waals surface area contributed by atoms with Crippen LogP contribution in [-0.2, 0) is 0 Å². The molecule has 0 spiro atoms. The summed E-state index contributed by atoms with van der Waals surface area (Å²) in [5, 5.41) is 3.81. The van der Waals surface area contributed by atoms with Crippen molar-refractivity contribution in [1.82, 2.24) is 5.32 Å². The largest absolute Gasteiger partial charge is 0.365 e. The lowest BCUT2D eigenvalue weighted by molar-refractivity contribution is 0.246. The molecule has 0 bridgehead atoms. The highest BCUT2D eigenvalue weighted by Gasteiger charge is 2.36. The molecule has 1 heterocycles. The van der Waals surface area contributed by atoms with Crippen LogP contribution in [0, 0.1) is 6.92 Å². The lowest BCUT2D eigenvalue weighted by Gasteiger charge is -2.48. The number of benzene rings is 1. The zero-order chi connectivity index (χ0) is 14.8. The molecule has 0 radical (unpaired) electrons. The van der Waals surface area contributed by atoms with Crippen LogP contribution in [0.3, 0.4) is 0 Å². The molecule has 112 valence electrons. The standard InChI is InChI=1S/C17H27BrN2/c1-5-14-11-19-17(6-2,7-3)12-20(14)16-9-8-13(4)10-15(16)18/h8-10,14,19H,5-7,11-12H2,1-4H3.